The summed E-state index contributed by atoms with van der Waals surface area (Å²) in [6.07, 6.45) is 0. The molecule has 1 saturated heterocycles. The number of nitrogens with two attached hydrogens (primary N) is 1. The van der Waals surface area contributed by atoms with Gasteiger partial charge in [-0.3, -0.25) is 5.06 Å². The Kier molecular flexibility index (Phi) is 3.28. The van der Waals surface area contributed by atoms with E-state index in [4.69, 9.17) is 5.73 Å². The van der Waals surface area contributed by atoms with Crippen molar-refractivity contribution in [3.8, 4) is 0 Å². The number of hydrogen-bond donors (Lipinski definition) is 4. The Morgan fingerprint density at radius 2 is 1.95 bits per heavy atom. The van der Waals surface area contributed by atoms with Crippen LogP contribution < -0.4 is 26.2 Å². The number of anilines is 1. The molecular weight excluding hydrogens is 267 g/mol. The van der Waals surface area contributed by atoms with Crippen LogP contribution >= 0.6 is 0 Å². The zero-order valence-corrected chi connectivity index (χ0v) is 10.6. The Labute approximate surface area is 114 Å². The molecule has 108 valence electrons. The highest BCUT2D eigenvalue weighted by Crippen LogP contribution is 2.27. The largest absolute Gasteiger partial charge is 0.621 e. The van der Waals surface area contributed by atoms with Gasteiger partial charge in [-0.15, -0.1) is 0 Å². The number of halogens is 1. The third-order valence-electron chi connectivity index (χ3n) is 3.47. The van der Waals surface area contributed by atoms with Crippen molar-refractivity contribution in [2.75, 3.05) is 31.1 Å². The van der Waals surface area contributed by atoms with Crippen LogP contribution in [0, 0.1) is 16.2 Å². The van der Waals surface area contributed by atoms with Crippen molar-refractivity contribution >= 4 is 23.0 Å². The number of rotatable bonds is 1. The molecule has 2 unspecified atom stereocenters. The lowest BCUT2D eigenvalue weighted by atomic mass is 10.2. The van der Waals surface area contributed by atoms with Crippen LogP contribution in [0.1, 0.15) is 0 Å². The Balaban J connectivity index is 2.03. The van der Waals surface area contributed by atoms with Crippen LogP contribution in [0.25, 0.3) is 0 Å². The second-order valence-corrected chi connectivity index (χ2v) is 4.72. The average molecular weight is 282 g/mol. The minimum atomic E-state index is -0.678. The number of nitrogens with zero attached hydrogens (tertiary/aromatic N) is 2. The van der Waals surface area contributed by atoms with Crippen LogP contribution in [-0.4, -0.2) is 32.1 Å². The number of hydroxylamine groups is 1. The van der Waals surface area contributed by atoms with Crippen molar-refractivity contribution in [2.24, 2.45) is 10.8 Å². The van der Waals surface area contributed by atoms with Gasteiger partial charge in [-0.2, -0.15) is 5.17 Å². The highest BCUT2D eigenvalue weighted by molar-refractivity contribution is 5.76. The fraction of sp³-hybridized carbons (Fsp3) is 0.364. The molecule has 1 aromatic carbocycles. The van der Waals surface area contributed by atoms with E-state index in [1.165, 1.54) is 6.07 Å². The van der Waals surface area contributed by atoms with Crippen LogP contribution in [0.2, 0.25) is 0 Å². The summed E-state index contributed by atoms with van der Waals surface area (Å²) in [5.41, 5.74) is 5.83. The van der Waals surface area contributed by atoms with Gasteiger partial charge >= 0.3 is 5.96 Å². The van der Waals surface area contributed by atoms with E-state index in [-0.39, 0.29) is 17.3 Å². The molecule has 0 aromatic heterocycles. The van der Waals surface area contributed by atoms with Crippen LogP contribution in [0.5, 0.6) is 0 Å². The molecule has 2 aliphatic heterocycles. The standard InChI is InChI=1S/C11H15FN6O2/c12-7-5-10-9(17(19)11(13)15-18(10)20)6-8(7)16-3-1-14-2-4-16/h5-6,14,17-18H,1-4H2,(H2,13,15). The third-order valence-corrected chi connectivity index (χ3v) is 3.47. The van der Waals surface area contributed by atoms with Gasteiger partial charge in [0.1, 0.15) is 0 Å². The van der Waals surface area contributed by atoms with Crippen LogP contribution in [0.15, 0.2) is 17.2 Å². The van der Waals surface area contributed by atoms with Crippen molar-refractivity contribution in [2.45, 2.75) is 0 Å². The van der Waals surface area contributed by atoms with Gasteiger partial charge in [-0.1, -0.05) is 0 Å². The molecule has 1 fully saturated rings. The molecule has 0 radical (unpaired) electrons. The third kappa shape index (κ3) is 2.11. The fourth-order valence-corrected chi connectivity index (χ4v) is 2.43. The molecule has 3 rings (SSSR count). The quantitative estimate of drug-likeness (QED) is 0.426. The molecule has 1 aromatic rings. The average Bonchev–Trinajstić information content (AvgIpc) is 2.45. The molecule has 5 N–H and O–H groups in total. The zero-order chi connectivity index (χ0) is 14.3. The van der Waals surface area contributed by atoms with E-state index in [2.05, 4.69) is 10.4 Å². The molecule has 0 spiro atoms. The maximum atomic E-state index is 14.2. The summed E-state index contributed by atoms with van der Waals surface area (Å²) in [5.74, 6) is -0.872. The van der Waals surface area contributed by atoms with Gasteiger partial charge in [0, 0.05) is 43.4 Å². The first-order chi connectivity index (χ1) is 9.58. The van der Waals surface area contributed by atoms with E-state index in [0.29, 0.717) is 18.8 Å². The van der Waals surface area contributed by atoms with E-state index in [1.807, 2.05) is 4.90 Å². The summed E-state index contributed by atoms with van der Waals surface area (Å²) in [6, 6.07) is 2.47. The second kappa shape index (κ2) is 4.96. The summed E-state index contributed by atoms with van der Waals surface area (Å²) < 4.78 is 14.2. The molecule has 0 bridgehead atoms. The van der Waals surface area contributed by atoms with E-state index in [9.17, 15) is 14.8 Å². The molecule has 20 heavy (non-hydrogen) atoms. The minimum Gasteiger partial charge on any atom is -0.621 e. The van der Waals surface area contributed by atoms with Gasteiger partial charge in [0.15, 0.2) is 5.82 Å². The molecule has 2 aliphatic rings. The lowest BCUT2D eigenvalue weighted by Crippen LogP contribution is -3.14. The predicted octanol–water partition coefficient (Wildman–Crippen LogP) is -2.49. The monoisotopic (exact) mass is 282 g/mol. The lowest BCUT2D eigenvalue weighted by molar-refractivity contribution is -0.812. The summed E-state index contributed by atoms with van der Waals surface area (Å²) >= 11 is 0. The van der Waals surface area contributed by atoms with Gasteiger partial charge in [0.25, 0.3) is 0 Å². The topological polar surface area (TPSA) is 109 Å². The Bertz CT molecular complexity index is 560. The molecule has 0 amide bonds. The highest BCUT2D eigenvalue weighted by atomic mass is 19.1. The normalized spacial score (nSPS) is 26.1. The van der Waals surface area contributed by atoms with Crippen molar-refractivity contribution < 1.29 is 14.6 Å². The fourth-order valence-electron chi connectivity index (χ4n) is 2.43. The molecule has 2 heterocycles. The summed E-state index contributed by atoms with van der Waals surface area (Å²) in [4.78, 5) is 1.84. The van der Waals surface area contributed by atoms with Crippen molar-refractivity contribution in [3.05, 3.63) is 28.4 Å². The molecule has 0 saturated carbocycles. The zero-order valence-electron chi connectivity index (χ0n) is 10.6. The molecule has 8 nitrogen and oxygen atoms in total. The number of quaternary nitrogens is 2. The van der Waals surface area contributed by atoms with Crippen molar-refractivity contribution in [1.82, 2.24) is 5.32 Å². The van der Waals surface area contributed by atoms with Gasteiger partial charge in [0.2, 0.25) is 11.4 Å². The first kappa shape index (κ1) is 13.2. The van der Waals surface area contributed by atoms with E-state index >= 15 is 0 Å². The summed E-state index contributed by atoms with van der Waals surface area (Å²) in [5, 5.41) is 29.0. The van der Waals surface area contributed by atoms with E-state index in [0.717, 1.165) is 19.2 Å². The second-order valence-electron chi connectivity index (χ2n) is 4.72. The first-order valence-corrected chi connectivity index (χ1v) is 6.30. The number of hydrogen-bond acceptors (Lipinski definition) is 6. The number of guanidine groups is 1. The number of piperazine rings is 1. The lowest BCUT2D eigenvalue weighted by Gasteiger charge is -2.32. The Morgan fingerprint density at radius 1 is 1.25 bits per heavy atom. The van der Waals surface area contributed by atoms with E-state index in [1.54, 1.807) is 0 Å². The smallest absolute Gasteiger partial charge is 0.351 e. The molecule has 9 heteroatoms. The van der Waals surface area contributed by atoms with Crippen LogP contribution in [0.3, 0.4) is 0 Å². The maximum absolute atomic E-state index is 14.2. The van der Waals surface area contributed by atoms with E-state index < -0.39 is 16.1 Å². The molecule has 2 atom stereocenters. The van der Waals surface area contributed by atoms with Crippen LogP contribution in [-0.2, 0) is 0 Å². The van der Waals surface area contributed by atoms with Crippen molar-refractivity contribution in [3.63, 3.8) is 0 Å². The first-order valence-electron chi connectivity index (χ1n) is 6.30. The van der Waals surface area contributed by atoms with Gasteiger partial charge in [-0.25, -0.2) is 4.39 Å². The Hall–Kier alpha value is -1.78. The highest BCUT2D eigenvalue weighted by Gasteiger charge is 2.29. The van der Waals surface area contributed by atoms with Crippen molar-refractivity contribution in [1.29, 1.82) is 0 Å². The number of fused-ring (bicyclic) bond motifs is 1. The molecule has 0 aliphatic carbocycles. The number of benzene rings is 1. The maximum Gasteiger partial charge on any atom is 0.351 e. The molecular formula is C11H15FN6O2. The minimum absolute atomic E-state index is 0.0272. The van der Waals surface area contributed by atoms with Gasteiger partial charge in [0.05, 0.1) is 5.69 Å². The van der Waals surface area contributed by atoms with Gasteiger partial charge < -0.3 is 26.4 Å². The van der Waals surface area contributed by atoms with Crippen LogP contribution in [0.4, 0.5) is 21.5 Å². The summed E-state index contributed by atoms with van der Waals surface area (Å²) in [7, 11) is 0. The predicted molar refractivity (Wildman–Crippen MR) is 71.1 cm³/mol. The Morgan fingerprint density at radius 3 is 2.65 bits per heavy atom. The number of nitrogens with one attached hydrogen (secondary N) is 3. The summed E-state index contributed by atoms with van der Waals surface area (Å²) in [6.45, 7) is 2.77. The van der Waals surface area contributed by atoms with Gasteiger partial charge in [-0.05, 0) is 0 Å². The SMILES string of the molecule is NC1=N[NH+]([O-])c2cc(F)c(N3CCNCC3)cc2[NH+]1[O-].